The summed E-state index contributed by atoms with van der Waals surface area (Å²) in [7, 11) is 1.92. The van der Waals surface area contributed by atoms with Gasteiger partial charge in [-0.2, -0.15) is 0 Å². The average molecular weight is 200 g/mol. The molecule has 54 valence electrons. The number of hydrogen-bond acceptors (Lipinski definition) is 1. The Kier molecular flexibility index (Phi) is 2.75. The highest BCUT2D eigenvalue weighted by Gasteiger charge is 1.92. The van der Waals surface area contributed by atoms with Gasteiger partial charge >= 0.3 is 0 Å². The van der Waals surface area contributed by atoms with Gasteiger partial charge in [-0.25, -0.2) is 0 Å². The van der Waals surface area contributed by atoms with E-state index in [-0.39, 0.29) is 0 Å². The van der Waals surface area contributed by atoms with Gasteiger partial charge in [-0.15, -0.1) is 0 Å². The lowest BCUT2D eigenvalue weighted by molar-refractivity contribution is 1.03. The van der Waals surface area contributed by atoms with E-state index >= 15 is 0 Å². The number of likely N-dealkylation sites (N-methyl/N-ethyl adjacent to an activating group) is 1. The molecule has 0 amide bonds. The molecule has 0 bridgehead atoms. The molecule has 2 heteroatoms. The molecular formula is C8H10BrN. The highest BCUT2D eigenvalue weighted by atomic mass is 79.9. The maximum Gasteiger partial charge on any atom is 0.0334 e. The molecule has 0 aromatic carbocycles. The third kappa shape index (κ3) is 2.03. The van der Waals surface area contributed by atoms with Crippen LogP contribution >= 0.6 is 15.9 Å². The summed E-state index contributed by atoms with van der Waals surface area (Å²) in [5.74, 6) is 0. The Morgan fingerprint density at radius 2 is 2.30 bits per heavy atom. The minimum atomic E-state index is 0.988. The van der Waals surface area contributed by atoms with Gasteiger partial charge in [0.1, 0.15) is 0 Å². The predicted octanol–water partition coefficient (Wildman–Crippen LogP) is 2.33. The quantitative estimate of drug-likeness (QED) is 0.684. The second-order valence-electron chi connectivity index (χ2n) is 2.09. The molecule has 0 aliphatic heterocycles. The molecule has 0 aromatic heterocycles. The van der Waals surface area contributed by atoms with E-state index in [1.165, 1.54) is 4.48 Å². The zero-order valence-electron chi connectivity index (χ0n) is 5.89. The van der Waals surface area contributed by atoms with Crippen LogP contribution in [-0.4, -0.2) is 7.05 Å². The van der Waals surface area contributed by atoms with Crippen molar-refractivity contribution in [3.05, 3.63) is 34.5 Å². The summed E-state index contributed by atoms with van der Waals surface area (Å²) in [5.41, 5.74) is 1.15. The van der Waals surface area contributed by atoms with Crippen molar-refractivity contribution in [2.45, 2.75) is 6.42 Å². The second-order valence-corrected chi connectivity index (χ2v) is 3.11. The van der Waals surface area contributed by atoms with Crippen LogP contribution in [0.15, 0.2) is 34.5 Å². The Bertz CT molecular complexity index is 201. The van der Waals surface area contributed by atoms with Crippen LogP contribution in [-0.2, 0) is 0 Å². The number of allylic oxidation sites excluding steroid dienone is 5. The first kappa shape index (κ1) is 7.61. The van der Waals surface area contributed by atoms with Crippen molar-refractivity contribution in [2.75, 3.05) is 7.05 Å². The van der Waals surface area contributed by atoms with Crippen molar-refractivity contribution in [3.8, 4) is 0 Å². The van der Waals surface area contributed by atoms with Crippen molar-refractivity contribution < 1.29 is 0 Å². The third-order valence-electron chi connectivity index (χ3n) is 1.34. The molecule has 10 heavy (non-hydrogen) atoms. The van der Waals surface area contributed by atoms with Crippen LogP contribution in [0, 0.1) is 0 Å². The monoisotopic (exact) mass is 199 g/mol. The molecule has 0 fully saturated rings. The van der Waals surface area contributed by atoms with E-state index < -0.39 is 0 Å². The Balaban J connectivity index is 2.75. The van der Waals surface area contributed by atoms with Crippen LogP contribution in [0.5, 0.6) is 0 Å². The van der Waals surface area contributed by atoms with E-state index in [0.717, 1.165) is 12.1 Å². The highest BCUT2D eigenvalue weighted by molar-refractivity contribution is 9.11. The lowest BCUT2D eigenvalue weighted by Crippen LogP contribution is -2.01. The summed E-state index contributed by atoms with van der Waals surface area (Å²) in [6.07, 6.45) is 9.29. The van der Waals surface area contributed by atoms with Crippen LogP contribution in [0.3, 0.4) is 0 Å². The molecule has 0 saturated carbocycles. The molecule has 1 aliphatic carbocycles. The van der Waals surface area contributed by atoms with Gasteiger partial charge in [-0.1, -0.05) is 22.0 Å². The van der Waals surface area contributed by atoms with Crippen molar-refractivity contribution in [3.63, 3.8) is 0 Å². The van der Waals surface area contributed by atoms with Crippen molar-refractivity contribution in [1.82, 2.24) is 5.32 Å². The van der Waals surface area contributed by atoms with E-state index in [9.17, 15) is 0 Å². The smallest absolute Gasteiger partial charge is 0.0334 e. The Hall–Kier alpha value is -0.500. The van der Waals surface area contributed by atoms with Crippen LogP contribution in [0.25, 0.3) is 0 Å². The molecule has 1 rings (SSSR count). The molecule has 0 heterocycles. The lowest BCUT2D eigenvalue weighted by Gasteiger charge is -1.94. The number of hydrogen-bond donors (Lipinski definition) is 1. The zero-order chi connectivity index (χ0) is 7.40. The number of halogens is 1. The number of rotatable bonds is 1. The molecular weight excluding hydrogens is 190 g/mol. The summed E-state index contributed by atoms with van der Waals surface area (Å²) in [4.78, 5) is 0. The third-order valence-corrected chi connectivity index (χ3v) is 1.93. The Labute approximate surface area is 69.6 Å². The largest absolute Gasteiger partial charge is 0.388 e. The molecule has 0 unspecified atom stereocenters. The molecule has 0 atom stereocenters. The summed E-state index contributed by atoms with van der Waals surface area (Å²) in [5, 5.41) is 3.07. The molecule has 1 aliphatic rings. The molecule has 1 N–H and O–H groups in total. The summed E-state index contributed by atoms with van der Waals surface area (Å²) < 4.78 is 1.22. The van der Waals surface area contributed by atoms with Gasteiger partial charge in [-0.05, 0) is 29.1 Å². The standard InChI is InChI=1S/C8H10BrN/c1-10-8-4-2-3-7(9)5-6-8/h2,4-6,10H,3H2,1H3. The lowest BCUT2D eigenvalue weighted by atomic mass is 10.3. The zero-order valence-corrected chi connectivity index (χ0v) is 7.48. The minimum absolute atomic E-state index is 0.988. The highest BCUT2D eigenvalue weighted by Crippen LogP contribution is 2.14. The Morgan fingerprint density at radius 1 is 1.50 bits per heavy atom. The normalized spacial score (nSPS) is 17.4. The van der Waals surface area contributed by atoms with Crippen LogP contribution < -0.4 is 5.32 Å². The molecule has 0 radical (unpaired) electrons. The second kappa shape index (κ2) is 3.62. The van der Waals surface area contributed by atoms with E-state index in [2.05, 4.69) is 39.5 Å². The van der Waals surface area contributed by atoms with Crippen LogP contribution in [0.2, 0.25) is 0 Å². The Morgan fingerprint density at radius 3 is 3.00 bits per heavy atom. The topological polar surface area (TPSA) is 12.0 Å². The summed E-state index contributed by atoms with van der Waals surface area (Å²) in [6, 6.07) is 0. The molecule has 1 nitrogen and oxygen atoms in total. The van der Waals surface area contributed by atoms with E-state index in [1.807, 2.05) is 13.1 Å². The fourth-order valence-electron chi connectivity index (χ4n) is 0.769. The van der Waals surface area contributed by atoms with Gasteiger partial charge in [0.15, 0.2) is 0 Å². The van der Waals surface area contributed by atoms with Gasteiger partial charge < -0.3 is 5.32 Å². The maximum atomic E-state index is 3.43. The fraction of sp³-hybridized carbons (Fsp3) is 0.250. The first-order valence-electron chi connectivity index (χ1n) is 3.23. The average Bonchev–Trinajstić information content (AvgIpc) is 2.14. The predicted molar refractivity (Wildman–Crippen MR) is 47.9 cm³/mol. The SMILES string of the molecule is CNC1=CC=C(Br)CC=C1. The van der Waals surface area contributed by atoms with Crippen LogP contribution in [0.4, 0.5) is 0 Å². The fourth-order valence-corrected chi connectivity index (χ4v) is 1.09. The summed E-state index contributed by atoms with van der Waals surface area (Å²) >= 11 is 3.43. The van der Waals surface area contributed by atoms with Crippen molar-refractivity contribution in [2.24, 2.45) is 0 Å². The summed E-state index contributed by atoms with van der Waals surface area (Å²) in [6.45, 7) is 0. The van der Waals surface area contributed by atoms with Gasteiger partial charge in [0.05, 0.1) is 0 Å². The first-order chi connectivity index (χ1) is 4.83. The molecule has 0 saturated heterocycles. The van der Waals surface area contributed by atoms with E-state index in [1.54, 1.807) is 0 Å². The minimum Gasteiger partial charge on any atom is -0.388 e. The van der Waals surface area contributed by atoms with Crippen molar-refractivity contribution in [1.29, 1.82) is 0 Å². The van der Waals surface area contributed by atoms with Crippen LogP contribution in [0.1, 0.15) is 6.42 Å². The first-order valence-corrected chi connectivity index (χ1v) is 4.03. The molecule has 0 aromatic rings. The van der Waals surface area contributed by atoms with E-state index in [4.69, 9.17) is 0 Å². The van der Waals surface area contributed by atoms with Gasteiger partial charge in [-0.3, -0.25) is 0 Å². The van der Waals surface area contributed by atoms with Crippen molar-refractivity contribution >= 4 is 15.9 Å². The van der Waals surface area contributed by atoms with E-state index in [0.29, 0.717) is 0 Å². The van der Waals surface area contributed by atoms with Gasteiger partial charge in [0.25, 0.3) is 0 Å². The maximum absolute atomic E-state index is 3.43. The van der Waals surface area contributed by atoms with Gasteiger partial charge in [0.2, 0.25) is 0 Å². The molecule has 0 spiro atoms. The number of nitrogens with one attached hydrogen (secondary N) is 1. The van der Waals surface area contributed by atoms with Gasteiger partial charge in [0, 0.05) is 12.7 Å².